The van der Waals surface area contributed by atoms with Crippen molar-refractivity contribution in [2.45, 2.75) is 55.6 Å². The number of nitrogens with zero attached hydrogens (tertiary/aromatic N) is 2. The van der Waals surface area contributed by atoms with Crippen LogP contribution in [-0.2, 0) is 33.0 Å². The topological polar surface area (TPSA) is 105 Å². The van der Waals surface area contributed by atoms with E-state index in [0.29, 0.717) is 37.4 Å². The molecule has 1 aromatic heterocycles. The molecule has 12 heteroatoms. The second kappa shape index (κ2) is 12.7. The zero-order chi connectivity index (χ0) is 29.0. The highest BCUT2D eigenvalue weighted by atomic mass is 32.2. The number of fused-ring (bicyclic) bond motifs is 1. The maximum atomic E-state index is 14.2. The Bertz CT molecular complexity index is 1540. The summed E-state index contributed by atoms with van der Waals surface area (Å²) in [7, 11) is -4.71. The largest absolute Gasteiger partial charge is 0.497 e. The molecule has 0 bridgehead atoms. The Morgan fingerprint density at radius 2 is 1.73 bits per heavy atom. The number of sulfonamides is 2. The highest BCUT2D eigenvalue weighted by Gasteiger charge is 2.39. The van der Waals surface area contributed by atoms with E-state index in [0.717, 1.165) is 24.9 Å². The number of anilines is 1. The zero-order valence-corrected chi connectivity index (χ0v) is 25.8. The minimum Gasteiger partial charge on any atom is -0.497 e. The molecule has 2 aromatic carbocycles. The van der Waals surface area contributed by atoms with E-state index >= 15 is 0 Å². The number of ether oxygens (including phenoxy) is 2. The van der Waals surface area contributed by atoms with Gasteiger partial charge in [-0.15, -0.1) is 11.3 Å². The van der Waals surface area contributed by atoms with Gasteiger partial charge in [0.2, 0.25) is 10.0 Å². The molecule has 0 spiro atoms. The van der Waals surface area contributed by atoms with Crippen molar-refractivity contribution in [3.8, 4) is 11.5 Å². The summed E-state index contributed by atoms with van der Waals surface area (Å²) >= 11 is 1.71. The van der Waals surface area contributed by atoms with Crippen molar-refractivity contribution in [2.75, 3.05) is 37.4 Å². The fourth-order valence-corrected chi connectivity index (χ4v) is 9.80. The number of para-hydroxylation sites is 1. The molecule has 0 amide bonds. The Balaban J connectivity index is 1.31. The molecule has 1 saturated heterocycles. The number of piperidine rings is 1. The molecule has 0 aliphatic carbocycles. The minimum atomic E-state index is -4.08. The minimum absolute atomic E-state index is 0.0162. The predicted octanol–water partition coefficient (Wildman–Crippen LogP) is 4.25. The third-order valence-corrected chi connectivity index (χ3v) is 12.6. The summed E-state index contributed by atoms with van der Waals surface area (Å²) in [6, 6.07) is 15.9. The van der Waals surface area contributed by atoms with Crippen LogP contribution in [0.25, 0.3) is 0 Å². The number of hydrogen-bond donors (Lipinski definition) is 1. The molecule has 1 N–H and O–H groups in total. The van der Waals surface area contributed by atoms with E-state index in [2.05, 4.69) is 16.8 Å². The summed E-state index contributed by atoms with van der Waals surface area (Å²) in [5.41, 5.74) is 1.50. The number of nitrogens with one attached hydrogen (secondary N) is 1. The van der Waals surface area contributed by atoms with E-state index in [4.69, 9.17) is 9.47 Å². The standard InChI is InChI=1S/C29H37N3O6S3/c1-37-25-11-12-29(28(20-25)38-2)41(35,36)32-24(10-9-22-6-3-4-8-27(22)32)15-19-40(33,34)31-16-13-23(14-17-31)30-21-26-7-5-18-39-26/h3-8,11-12,18,20,23-24,30H,9-10,13-17,19,21H2,1-2H3. The molecular formula is C29H37N3O6S3. The van der Waals surface area contributed by atoms with E-state index in [1.165, 1.54) is 29.5 Å². The van der Waals surface area contributed by atoms with Crippen LogP contribution in [0, 0.1) is 0 Å². The Hall–Kier alpha value is -2.64. The van der Waals surface area contributed by atoms with Gasteiger partial charge in [0, 0.05) is 42.7 Å². The van der Waals surface area contributed by atoms with Crippen molar-refractivity contribution in [1.29, 1.82) is 0 Å². The second-order valence-electron chi connectivity index (χ2n) is 10.4. The first-order valence-electron chi connectivity index (χ1n) is 13.8. The summed E-state index contributed by atoms with van der Waals surface area (Å²) in [6.07, 6.45) is 2.90. The van der Waals surface area contributed by atoms with E-state index < -0.39 is 26.1 Å². The van der Waals surface area contributed by atoms with Crippen LogP contribution in [0.15, 0.2) is 64.9 Å². The monoisotopic (exact) mass is 619 g/mol. The number of benzene rings is 2. The van der Waals surface area contributed by atoms with Crippen molar-refractivity contribution in [3.05, 3.63) is 70.4 Å². The quantitative estimate of drug-likeness (QED) is 0.342. The Kier molecular flexibility index (Phi) is 9.24. The molecule has 2 aliphatic heterocycles. The fraction of sp³-hybridized carbons (Fsp3) is 0.448. The molecule has 0 saturated carbocycles. The molecule has 2 aliphatic rings. The van der Waals surface area contributed by atoms with Crippen LogP contribution in [0.5, 0.6) is 11.5 Å². The molecule has 3 heterocycles. The van der Waals surface area contributed by atoms with E-state index in [9.17, 15) is 16.8 Å². The summed E-state index contributed by atoms with van der Waals surface area (Å²) in [4.78, 5) is 1.28. The van der Waals surface area contributed by atoms with Crippen molar-refractivity contribution in [1.82, 2.24) is 9.62 Å². The first-order chi connectivity index (χ1) is 19.7. The van der Waals surface area contributed by atoms with E-state index in [-0.39, 0.29) is 28.9 Å². The lowest BCUT2D eigenvalue weighted by atomic mass is 9.97. The van der Waals surface area contributed by atoms with Crippen LogP contribution in [0.1, 0.15) is 36.1 Å². The fourth-order valence-electron chi connectivity index (χ4n) is 5.66. The molecule has 3 aromatic rings. The summed E-state index contributed by atoms with van der Waals surface area (Å²) < 4.78 is 68.9. The van der Waals surface area contributed by atoms with Crippen LogP contribution >= 0.6 is 11.3 Å². The number of methoxy groups -OCH3 is 2. The van der Waals surface area contributed by atoms with E-state index in [1.54, 1.807) is 33.8 Å². The normalized spacial score (nSPS) is 18.7. The van der Waals surface area contributed by atoms with Gasteiger partial charge in [-0.1, -0.05) is 24.3 Å². The Morgan fingerprint density at radius 1 is 0.951 bits per heavy atom. The smallest absolute Gasteiger partial charge is 0.268 e. The summed E-state index contributed by atoms with van der Waals surface area (Å²) in [5, 5.41) is 5.59. The van der Waals surface area contributed by atoms with Gasteiger partial charge >= 0.3 is 0 Å². The lowest BCUT2D eigenvalue weighted by Crippen LogP contribution is -2.47. The van der Waals surface area contributed by atoms with Crippen LogP contribution in [0.2, 0.25) is 0 Å². The van der Waals surface area contributed by atoms with Gasteiger partial charge in [0.05, 0.1) is 25.7 Å². The molecule has 222 valence electrons. The van der Waals surface area contributed by atoms with Crippen molar-refractivity contribution >= 4 is 37.1 Å². The molecule has 0 radical (unpaired) electrons. The highest BCUT2D eigenvalue weighted by molar-refractivity contribution is 7.93. The van der Waals surface area contributed by atoms with Crippen LogP contribution in [0.4, 0.5) is 5.69 Å². The third kappa shape index (κ3) is 6.56. The number of hydrogen-bond acceptors (Lipinski definition) is 8. The molecule has 1 atom stereocenters. The zero-order valence-electron chi connectivity index (χ0n) is 23.4. The van der Waals surface area contributed by atoms with Gasteiger partial charge in [-0.2, -0.15) is 0 Å². The maximum Gasteiger partial charge on any atom is 0.268 e. The Labute approximate surface area is 247 Å². The number of rotatable bonds is 11. The second-order valence-corrected chi connectivity index (χ2v) is 15.3. The van der Waals surface area contributed by atoms with Crippen molar-refractivity contribution in [2.24, 2.45) is 0 Å². The van der Waals surface area contributed by atoms with Gasteiger partial charge in [-0.3, -0.25) is 4.31 Å². The number of thiophene rings is 1. The SMILES string of the molecule is COc1ccc(S(=O)(=O)N2c3ccccc3CCC2CCS(=O)(=O)N2CCC(NCc3cccs3)CC2)c(OC)c1. The van der Waals surface area contributed by atoms with Gasteiger partial charge < -0.3 is 14.8 Å². The van der Waals surface area contributed by atoms with Crippen LogP contribution in [0.3, 0.4) is 0 Å². The van der Waals surface area contributed by atoms with Gasteiger partial charge in [0.1, 0.15) is 16.4 Å². The van der Waals surface area contributed by atoms with Crippen molar-refractivity contribution in [3.63, 3.8) is 0 Å². The lowest BCUT2D eigenvalue weighted by molar-refractivity contribution is 0.288. The molecule has 41 heavy (non-hydrogen) atoms. The van der Waals surface area contributed by atoms with Gasteiger partial charge in [0.15, 0.2) is 0 Å². The summed E-state index contributed by atoms with van der Waals surface area (Å²) in [5.74, 6) is 0.543. The van der Waals surface area contributed by atoms with Crippen molar-refractivity contribution < 1.29 is 26.3 Å². The first-order valence-corrected chi connectivity index (χ1v) is 17.7. The van der Waals surface area contributed by atoms with Gasteiger partial charge in [-0.25, -0.2) is 21.1 Å². The third-order valence-electron chi connectivity index (χ3n) is 7.92. The average molecular weight is 620 g/mol. The molecule has 1 unspecified atom stereocenters. The molecule has 1 fully saturated rings. The van der Waals surface area contributed by atoms with Gasteiger partial charge in [-0.05, 0) is 67.3 Å². The molecule has 5 rings (SSSR count). The number of aryl methyl sites for hydroxylation is 1. The Morgan fingerprint density at radius 3 is 2.44 bits per heavy atom. The lowest BCUT2D eigenvalue weighted by Gasteiger charge is -2.38. The predicted molar refractivity (Wildman–Crippen MR) is 162 cm³/mol. The van der Waals surface area contributed by atoms with Gasteiger partial charge in [0.25, 0.3) is 10.0 Å². The van der Waals surface area contributed by atoms with E-state index in [1.807, 2.05) is 24.3 Å². The average Bonchev–Trinajstić information content (AvgIpc) is 3.52. The first kappa shape index (κ1) is 29.8. The molecule has 9 nitrogen and oxygen atoms in total. The maximum absolute atomic E-state index is 14.2. The summed E-state index contributed by atoms with van der Waals surface area (Å²) in [6.45, 7) is 1.72. The highest BCUT2D eigenvalue weighted by Crippen LogP contribution is 2.39. The van der Waals surface area contributed by atoms with Crippen LogP contribution < -0.4 is 19.1 Å². The molecular weight excluding hydrogens is 583 g/mol. The van der Waals surface area contributed by atoms with Crippen LogP contribution in [-0.4, -0.2) is 66.3 Å².